The summed E-state index contributed by atoms with van der Waals surface area (Å²) in [6.07, 6.45) is 1.89. The Kier molecular flexibility index (Phi) is 7.85. The highest BCUT2D eigenvalue weighted by molar-refractivity contribution is 6.31. The van der Waals surface area contributed by atoms with Gasteiger partial charge in [-0.2, -0.15) is 0 Å². The van der Waals surface area contributed by atoms with E-state index in [1.54, 1.807) is 0 Å². The molecule has 0 aliphatic rings. The van der Waals surface area contributed by atoms with E-state index < -0.39 is 17.5 Å². The molecule has 0 fully saturated rings. The third kappa shape index (κ3) is 7.65. The number of carbonyl (C=O) groups is 2. The van der Waals surface area contributed by atoms with Crippen LogP contribution in [0.2, 0.25) is 5.02 Å². The Morgan fingerprint density at radius 1 is 1.00 bits per heavy atom. The highest BCUT2D eigenvalue weighted by Crippen LogP contribution is 2.28. The monoisotopic (exact) mass is 361 g/mol. The third-order valence-electron chi connectivity index (χ3n) is 3.27. The van der Waals surface area contributed by atoms with Crippen LogP contribution in [0.3, 0.4) is 0 Å². The number of nitrogens with two attached hydrogens (primary N) is 1. The third-order valence-corrected chi connectivity index (χ3v) is 3.60. The molecular weight excluding hydrogens is 342 g/mol. The molecule has 0 spiro atoms. The first-order chi connectivity index (χ1) is 11.7. The summed E-state index contributed by atoms with van der Waals surface area (Å²) in [4.78, 5) is 19.1. The number of hydrogen-bond donors (Lipinski definition) is 3. The van der Waals surface area contributed by atoms with Gasteiger partial charge in [-0.25, -0.2) is 9.59 Å². The van der Waals surface area contributed by atoms with Crippen molar-refractivity contribution in [1.82, 2.24) is 0 Å². The Hall–Kier alpha value is -2.63. The van der Waals surface area contributed by atoms with Crippen LogP contribution < -0.4 is 5.73 Å². The van der Waals surface area contributed by atoms with Gasteiger partial charge in [-0.1, -0.05) is 60.1 Å². The van der Waals surface area contributed by atoms with Gasteiger partial charge in [0.25, 0.3) is 0 Å². The fourth-order valence-corrected chi connectivity index (χ4v) is 2.53. The van der Waals surface area contributed by atoms with E-state index in [4.69, 9.17) is 27.5 Å². The van der Waals surface area contributed by atoms with Gasteiger partial charge in [-0.05, 0) is 30.5 Å². The van der Waals surface area contributed by atoms with E-state index in [0.29, 0.717) is 12.2 Å². The van der Waals surface area contributed by atoms with Crippen molar-refractivity contribution in [2.45, 2.75) is 18.9 Å². The van der Waals surface area contributed by atoms with Gasteiger partial charge in [-0.3, -0.25) is 0 Å². The average Bonchev–Trinajstić information content (AvgIpc) is 2.54. The quantitative estimate of drug-likeness (QED) is 0.708. The largest absolute Gasteiger partial charge is 0.478 e. The van der Waals surface area contributed by atoms with Crippen LogP contribution in [0.1, 0.15) is 18.1 Å². The van der Waals surface area contributed by atoms with Crippen molar-refractivity contribution in [3.8, 4) is 0 Å². The SMILES string of the molecule is CC(N)(Cc1ccccc1)c1ccccc1Cl.O=C(O)C=CC(=O)O. The van der Waals surface area contributed by atoms with E-state index >= 15 is 0 Å². The molecule has 0 radical (unpaired) electrons. The van der Waals surface area contributed by atoms with E-state index in [-0.39, 0.29) is 0 Å². The molecule has 2 aromatic rings. The molecule has 0 aliphatic carbocycles. The van der Waals surface area contributed by atoms with E-state index in [9.17, 15) is 9.59 Å². The van der Waals surface area contributed by atoms with Crippen molar-refractivity contribution in [3.63, 3.8) is 0 Å². The number of halogens is 1. The second-order valence-corrected chi connectivity index (χ2v) is 5.98. The summed E-state index contributed by atoms with van der Waals surface area (Å²) in [5.41, 5.74) is 8.15. The highest BCUT2D eigenvalue weighted by Gasteiger charge is 2.23. The van der Waals surface area contributed by atoms with Crippen LogP contribution >= 0.6 is 11.6 Å². The smallest absolute Gasteiger partial charge is 0.328 e. The van der Waals surface area contributed by atoms with Gasteiger partial charge in [0.15, 0.2) is 0 Å². The predicted octanol–water partition coefficient (Wildman–Crippen LogP) is 3.47. The maximum Gasteiger partial charge on any atom is 0.328 e. The average molecular weight is 362 g/mol. The molecule has 0 bridgehead atoms. The summed E-state index contributed by atoms with van der Waals surface area (Å²) in [6, 6.07) is 18.0. The summed E-state index contributed by atoms with van der Waals surface area (Å²) in [5, 5.41) is 16.4. The standard InChI is InChI=1S/C15H16ClN.C4H4O4/c1-15(17,11-12-7-3-2-4-8-12)13-9-5-6-10-14(13)16;5-3(6)1-2-4(7)8/h2-10H,11,17H2,1H3;1-2H,(H,5,6)(H,7,8). The lowest BCUT2D eigenvalue weighted by atomic mass is 9.86. The van der Waals surface area contributed by atoms with E-state index in [2.05, 4.69) is 12.1 Å². The van der Waals surface area contributed by atoms with Gasteiger partial charge in [0.1, 0.15) is 0 Å². The van der Waals surface area contributed by atoms with Crippen LogP contribution in [0.15, 0.2) is 66.7 Å². The lowest BCUT2D eigenvalue weighted by molar-refractivity contribution is -0.134. The van der Waals surface area contributed by atoms with Crippen molar-refractivity contribution in [3.05, 3.63) is 82.9 Å². The van der Waals surface area contributed by atoms with E-state index in [0.717, 1.165) is 17.0 Å². The predicted molar refractivity (Wildman–Crippen MR) is 97.5 cm³/mol. The second-order valence-electron chi connectivity index (χ2n) is 5.57. The molecule has 0 saturated carbocycles. The summed E-state index contributed by atoms with van der Waals surface area (Å²) in [7, 11) is 0. The molecule has 5 nitrogen and oxygen atoms in total. The zero-order valence-corrected chi connectivity index (χ0v) is 14.5. The van der Waals surface area contributed by atoms with Gasteiger partial charge in [0.05, 0.1) is 0 Å². The summed E-state index contributed by atoms with van der Waals surface area (Å²) in [5.74, 6) is -2.51. The molecule has 0 aliphatic heterocycles. The molecule has 1 atom stereocenters. The van der Waals surface area contributed by atoms with Crippen molar-refractivity contribution < 1.29 is 19.8 Å². The number of rotatable bonds is 5. The molecule has 2 aromatic carbocycles. The van der Waals surface area contributed by atoms with Crippen LogP contribution in [-0.2, 0) is 21.5 Å². The molecule has 132 valence electrons. The lowest BCUT2D eigenvalue weighted by Crippen LogP contribution is -2.35. The summed E-state index contributed by atoms with van der Waals surface area (Å²) < 4.78 is 0. The van der Waals surface area contributed by atoms with Gasteiger partial charge in [0.2, 0.25) is 0 Å². The Morgan fingerprint density at radius 2 is 1.48 bits per heavy atom. The minimum Gasteiger partial charge on any atom is -0.478 e. The van der Waals surface area contributed by atoms with Gasteiger partial charge >= 0.3 is 11.9 Å². The molecule has 6 heteroatoms. The fourth-order valence-electron chi connectivity index (χ4n) is 2.18. The van der Waals surface area contributed by atoms with Crippen molar-refractivity contribution in [1.29, 1.82) is 0 Å². The molecular formula is C19H20ClNO4. The maximum atomic E-state index is 9.55. The van der Waals surface area contributed by atoms with Crippen LogP contribution in [-0.4, -0.2) is 22.2 Å². The first-order valence-electron chi connectivity index (χ1n) is 7.44. The first kappa shape index (κ1) is 20.4. The lowest BCUT2D eigenvalue weighted by Gasteiger charge is -2.26. The highest BCUT2D eigenvalue weighted by atomic mass is 35.5. The second kappa shape index (κ2) is 9.61. The Labute approximate surface area is 151 Å². The minimum atomic E-state index is -1.26. The van der Waals surface area contributed by atoms with Crippen molar-refractivity contribution >= 4 is 23.5 Å². The number of benzene rings is 2. The number of hydrogen-bond acceptors (Lipinski definition) is 3. The van der Waals surface area contributed by atoms with Crippen molar-refractivity contribution in [2.24, 2.45) is 5.73 Å². The van der Waals surface area contributed by atoms with Crippen molar-refractivity contribution in [2.75, 3.05) is 0 Å². The zero-order valence-electron chi connectivity index (χ0n) is 13.7. The molecule has 0 aromatic heterocycles. The summed E-state index contributed by atoms with van der Waals surface area (Å²) in [6.45, 7) is 2.02. The zero-order chi connectivity index (χ0) is 18.9. The van der Waals surface area contributed by atoms with Gasteiger partial charge in [-0.15, -0.1) is 0 Å². The summed E-state index contributed by atoms with van der Waals surface area (Å²) >= 11 is 6.19. The van der Waals surface area contributed by atoms with Crippen LogP contribution in [0.4, 0.5) is 0 Å². The molecule has 0 heterocycles. The Balaban J connectivity index is 0.000000333. The molecule has 0 saturated heterocycles. The maximum absolute atomic E-state index is 9.55. The molecule has 25 heavy (non-hydrogen) atoms. The van der Waals surface area contributed by atoms with E-state index in [1.165, 1.54) is 5.56 Å². The number of carboxylic acids is 2. The number of aliphatic carboxylic acids is 2. The van der Waals surface area contributed by atoms with Gasteiger partial charge < -0.3 is 15.9 Å². The topological polar surface area (TPSA) is 101 Å². The van der Waals surface area contributed by atoms with Crippen LogP contribution in [0.25, 0.3) is 0 Å². The molecule has 2 rings (SSSR count). The molecule has 1 unspecified atom stereocenters. The molecule has 4 N–H and O–H groups in total. The Morgan fingerprint density at radius 3 is 1.96 bits per heavy atom. The Bertz CT molecular complexity index is 726. The van der Waals surface area contributed by atoms with Crippen LogP contribution in [0.5, 0.6) is 0 Å². The number of carboxylic acid groups (broad SMARTS) is 2. The van der Waals surface area contributed by atoms with E-state index in [1.807, 2.05) is 49.4 Å². The first-order valence-corrected chi connectivity index (χ1v) is 7.82. The van der Waals surface area contributed by atoms with Crippen LogP contribution in [0, 0.1) is 0 Å². The normalized spacial score (nSPS) is 12.8. The van der Waals surface area contributed by atoms with Gasteiger partial charge in [0, 0.05) is 22.7 Å². The molecule has 0 amide bonds. The minimum absolute atomic E-state index is 0.445. The fraction of sp³-hybridized carbons (Fsp3) is 0.158.